The summed E-state index contributed by atoms with van der Waals surface area (Å²) in [5.41, 5.74) is 20.5. The molecule has 10 aromatic carbocycles. The van der Waals surface area contributed by atoms with Gasteiger partial charge in [-0.25, -0.2) is 0 Å². The standard InChI is InChI=1S/C76H68N2/c1-6-9-21-53-26-20-34-68-65(53)41-44-78-72(7-2)76(8-3,71-35-17-16-32-69(71)75(68)78)42-45-77-43-40-56-24-12-15-31-67(56)74(77)70-50-59(39-36-51(70)4)57-27-18-28-58(46-57)60-47-61(64-33-19-25-54-22-10-13-29-63(54)64)49-62(48-60)73-52(5)37-38-55-23-11-14-30-66(55)73/h10-20,22-41,43-44,46-50,72H,6-9,21,42,45H2,1-5H3/q+2. The van der Waals surface area contributed by atoms with Crippen LogP contribution in [0.2, 0.25) is 0 Å². The number of unbranched alkanes of at least 4 members (excludes halogenated alkanes) is 1. The molecule has 2 atom stereocenters. The first kappa shape index (κ1) is 49.1. The fourth-order valence-corrected chi connectivity index (χ4v) is 13.9. The molecule has 0 spiro atoms. The van der Waals surface area contributed by atoms with Crippen molar-refractivity contribution < 1.29 is 9.13 Å². The summed E-state index contributed by atoms with van der Waals surface area (Å²) in [4.78, 5) is 0. The van der Waals surface area contributed by atoms with Crippen molar-refractivity contribution in [3.8, 4) is 67.0 Å². The summed E-state index contributed by atoms with van der Waals surface area (Å²) in [6.45, 7) is 12.6. The number of hydrogen-bond acceptors (Lipinski definition) is 0. The molecule has 2 aromatic heterocycles. The molecule has 0 bridgehead atoms. The Balaban J connectivity index is 0.912. The van der Waals surface area contributed by atoms with Crippen molar-refractivity contribution in [2.75, 3.05) is 0 Å². The average molecular weight is 1010 g/mol. The maximum absolute atomic E-state index is 2.68. The van der Waals surface area contributed by atoms with Crippen LogP contribution in [0.15, 0.2) is 231 Å². The largest absolute Gasteiger partial charge is 0.220 e. The van der Waals surface area contributed by atoms with E-state index in [4.69, 9.17) is 0 Å². The lowest BCUT2D eigenvalue weighted by Crippen LogP contribution is -2.56. The molecule has 0 aliphatic carbocycles. The Kier molecular flexibility index (Phi) is 12.9. The zero-order valence-electron chi connectivity index (χ0n) is 45.9. The third-order valence-corrected chi connectivity index (χ3v) is 17.8. The molecule has 78 heavy (non-hydrogen) atoms. The summed E-state index contributed by atoms with van der Waals surface area (Å²) in [5.74, 6) is 0. The van der Waals surface area contributed by atoms with Crippen LogP contribution in [0.3, 0.4) is 0 Å². The molecule has 1 aliphatic heterocycles. The van der Waals surface area contributed by atoms with E-state index in [-0.39, 0.29) is 5.41 Å². The second-order valence-corrected chi connectivity index (χ2v) is 22.1. The molecular weight excluding hydrogens is 941 g/mol. The van der Waals surface area contributed by atoms with Gasteiger partial charge in [-0.1, -0.05) is 185 Å². The Hall–Kier alpha value is -8.46. The molecule has 3 heterocycles. The Morgan fingerprint density at radius 3 is 1.85 bits per heavy atom. The molecule has 2 unspecified atom stereocenters. The summed E-state index contributed by atoms with van der Waals surface area (Å²) in [5, 5.41) is 10.4. The lowest BCUT2D eigenvalue weighted by Gasteiger charge is -2.41. The highest BCUT2D eigenvalue weighted by Crippen LogP contribution is 2.50. The molecule has 0 radical (unpaired) electrons. The third kappa shape index (κ3) is 8.41. The molecule has 0 saturated heterocycles. The van der Waals surface area contributed by atoms with Gasteiger partial charge >= 0.3 is 0 Å². The molecule has 13 rings (SSSR count). The first-order chi connectivity index (χ1) is 38.3. The van der Waals surface area contributed by atoms with Crippen LogP contribution in [-0.4, -0.2) is 0 Å². The van der Waals surface area contributed by atoms with Crippen molar-refractivity contribution in [2.45, 2.75) is 91.1 Å². The van der Waals surface area contributed by atoms with Gasteiger partial charge in [0.1, 0.15) is 6.54 Å². The predicted molar refractivity (Wildman–Crippen MR) is 330 cm³/mol. The van der Waals surface area contributed by atoms with Crippen molar-refractivity contribution in [1.82, 2.24) is 0 Å². The summed E-state index contributed by atoms with van der Waals surface area (Å²) in [6, 6.07) is 82.9. The van der Waals surface area contributed by atoms with Crippen LogP contribution >= 0.6 is 0 Å². The lowest BCUT2D eigenvalue weighted by atomic mass is 9.64. The topological polar surface area (TPSA) is 7.76 Å². The molecule has 2 nitrogen and oxygen atoms in total. The number of rotatable bonds is 13. The normalized spacial score (nSPS) is 15.0. The van der Waals surface area contributed by atoms with E-state index in [2.05, 4.69) is 275 Å². The van der Waals surface area contributed by atoms with Crippen molar-refractivity contribution in [3.63, 3.8) is 0 Å². The number of aryl methyl sites for hydroxylation is 4. The maximum Gasteiger partial charge on any atom is 0.220 e. The Morgan fingerprint density at radius 1 is 0.423 bits per heavy atom. The van der Waals surface area contributed by atoms with Gasteiger partial charge in [-0.15, -0.1) is 0 Å². The summed E-state index contributed by atoms with van der Waals surface area (Å²) in [6.07, 6.45) is 11.4. The van der Waals surface area contributed by atoms with Crippen LogP contribution in [0.4, 0.5) is 0 Å². The quantitative estimate of drug-likeness (QED) is 0.102. The maximum atomic E-state index is 2.68. The Morgan fingerprint density at radius 2 is 1.04 bits per heavy atom. The van der Waals surface area contributed by atoms with Crippen LogP contribution in [0.5, 0.6) is 0 Å². The van der Waals surface area contributed by atoms with E-state index < -0.39 is 0 Å². The average Bonchev–Trinajstić information content (AvgIpc) is 3.67. The van der Waals surface area contributed by atoms with Crippen molar-refractivity contribution in [3.05, 3.63) is 253 Å². The zero-order chi connectivity index (χ0) is 52.9. The van der Waals surface area contributed by atoms with Gasteiger partial charge < -0.3 is 0 Å². The van der Waals surface area contributed by atoms with Gasteiger partial charge in [0.05, 0.1) is 27.3 Å². The van der Waals surface area contributed by atoms with Gasteiger partial charge in [0.25, 0.3) is 0 Å². The highest BCUT2D eigenvalue weighted by atomic mass is 15.0. The highest BCUT2D eigenvalue weighted by molar-refractivity contribution is 6.03. The van der Waals surface area contributed by atoms with Crippen molar-refractivity contribution in [1.29, 1.82) is 0 Å². The Labute approximate surface area is 461 Å². The van der Waals surface area contributed by atoms with Gasteiger partial charge in [0.2, 0.25) is 11.4 Å². The third-order valence-electron chi connectivity index (χ3n) is 17.8. The zero-order valence-corrected chi connectivity index (χ0v) is 45.9. The molecule has 380 valence electrons. The van der Waals surface area contributed by atoms with E-state index in [0.29, 0.717) is 6.04 Å². The monoisotopic (exact) mass is 1010 g/mol. The van der Waals surface area contributed by atoms with Crippen LogP contribution in [-0.2, 0) is 18.4 Å². The second-order valence-electron chi connectivity index (χ2n) is 22.1. The molecule has 12 aromatic rings. The number of benzene rings is 10. The Bertz CT molecular complexity index is 4270. The van der Waals surface area contributed by atoms with Gasteiger partial charge in [-0.2, -0.15) is 9.13 Å². The molecule has 0 saturated carbocycles. The highest BCUT2D eigenvalue weighted by Gasteiger charge is 2.51. The minimum absolute atomic E-state index is 0.0825. The predicted octanol–water partition coefficient (Wildman–Crippen LogP) is 19.5. The first-order valence-electron chi connectivity index (χ1n) is 28.7. The molecule has 1 aliphatic rings. The summed E-state index contributed by atoms with van der Waals surface area (Å²) in [7, 11) is 0. The lowest BCUT2D eigenvalue weighted by molar-refractivity contribution is -0.729. The van der Waals surface area contributed by atoms with Crippen LogP contribution < -0.4 is 9.13 Å². The van der Waals surface area contributed by atoms with Gasteiger partial charge in [0, 0.05) is 25.0 Å². The number of pyridine rings is 2. The van der Waals surface area contributed by atoms with Gasteiger partial charge in [-0.3, -0.25) is 0 Å². The number of nitrogens with zero attached hydrogens (tertiary/aromatic N) is 2. The number of aromatic nitrogens is 2. The smallest absolute Gasteiger partial charge is 0.198 e. The molecule has 0 fully saturated rings. The van der Waals surface area contributed by atoms with Gasteiger partial charge in [0.15, 0.2) is 18.4 Å². The van der Waals surface area contributed by atoms with E-state index in [9.17, 15) is 0 Å². The first-order valence-corrected chi connectivity index (χ1v) is 28.7. The SMILES string of the molecule is CCCCc1cccc2c3[n+](ccc12)C(CC)C(CC)(CC[n+]1ccc2ccccc2c1-c1cc(-c2cccc(-c4cc(-c5cccc6ccccc56)cc(-c5c(C)ccc6ccccc56)c4)c2)ccc1C)c1ccccc1-3. The fourth-order valence-electron chi connectivity index (χ4n) is 13.9. The van der Waals surface area contributed by atoms with Crippen molar-refractivity contribution >= 4 is 43.1 Å². The van der Waals surface area contributed by atoms with Crippen LogP contribution in [0.25, 0.3) is 110 Å². The van der Waals surface area contributed by atoms with Crippen molar-refractivity contribution in [2.24, 2.45) is 0 Å². The van der Waals surface area contributed by atoms with Crippen LogP contribution in [0.1, 0.15) is 81.2 Å². The molecule has 0 N–H and O–H groups in total. The van der Waals surface area contributed by atoms with E-state index in [1.54, 1.807) is 0 Å². The van der Waals surface area contributed by atoms with E-state index in [0.717, 1.165) is 32.2 Å². The number of fused-ring (bicyclic) bond motifs is 8. The summed E-state index contributed by atoms with van der Waals surface area (Å²) < 4.78 is 5.27. The minimum Gasteiger partial charge on any atom is -0.198 e. The van der Waals surface area contributed by atoms with Crippen LogP contribution in [0, 0.1) is 13.8 Å². The molecular formula is C76H68N2+2. The van der Waals surface area contributed by atoms with E-state index in [1.807, 2.05) is 0 Å². The fraction of sp³-hybridized carbons (Fsp3) is 0.184. The van der Waals surface area contributed by atoms with Gasteiger partial charge in [-0.05, 0) is 181 Å². The minimum atomic E-state index is -0.0825. The molecule has 2 heteroatoms. The second kappa shape index (κ2) is 20.5. The summed E-state index contributed by atoms with van der Waals surface area (Å²) >= 11 is 0. The van der Waals surface area contributed by atoms with E-state index >= 15 is 0 Å². The number of hydrogen-bond donors (Lipinski definition) is 0. The molecule has 0 amide bonds. The van der Waals surface area contributed by atoms with E-state index in [1.165, 1.54) is 145 Å².